The van der Waals surface area contributed by atoms with E-state index in [0.717, 1.165) is 31.7 Å². The molecule has 0 aromatic carbocycles. The predicted molar refractivity (Wildman–Crippen MR) is 75.9 cm³/mol. The van der Waals surface area contributed by atoms with Crippen LogP contribution in [-0.2, 0) is 28.7 Å². The smallest absolute Gasteiger partial charge is 0.153 e. The van der Waals surface area contributed by atoms with Crippen LogP contribution in [0.5, 0.6) is 0 Å². The fourth-order valence-electron chi connectivity index (χ4n) is 2.34. The van der Waals surface area contributed by atoms with E-state index < -0.39 is 9.84 Å². The van der Waals surface area contributed by atoms with Crippen molar-refractivity contribution in [3.8, 4) is 0 Å². The number of nitrogens with zero attached hydrogens (tertiary/aromatic N) is 3. The van der Waals surface area contributed by atoms with Gasteiger partial charge in [-0.05, 0) is 20.3 Å². The van der Waals surface area contributed by atoms with Gasteiger partial charge in [0.1, 0.15) is 0 Å². The summed E-state index contributed by atoms with van der Waals surface area (Å²) in [6, 6.07) is 0.441. The van der Waals surface area contributed by atoms with Gasteiger partial charge in [-0.25, -0.2) is 8.42 Å². The molecule has 1 aromatic rings. The van der Waals surface area contributed by atoms with Gasteiger partial charge in [0, 0.05) is 31.9 Å². The molecule has 0 saturated heterocycles. The van der Waals surface area contributed by atoms with Crippen LogP contribution < -0.4 is 0 Å². The standard InChI is InChI=1S/C12H20ClN3O2S/c1-9(2)15-5-4-6-16-11(7-15)12(13)10(14-16)8-19(3,17)18/h9H,4-8H2,1-3H3. The highest BCUT2D eigenvalue weighted by Crippen LogP contribution is 2.26. The van der Waals surface area contributed by atoms with Crippen molar-refractivity contribution >= 4 is 21.4 Å². The molecule has 1 aromatic heterocycles. The Bertz CT molecular complexity index is 566. The maximum absolute atomic E-state index is 11.4. The molecule has 7 heteroatoms. The number of aryl methyl sites for hydroxylation is 1. The maximum Gasteiger partial charge on any atom is 0.153 e. The summed E-state index contributed by atoms with van der Waals surface area (Å²) in [4.78, 5) is 2.33. The molecule has 1 aliphatic heterocycles. The molecule has 0 aliphatic carbocycles. The topological polar surface area (TPSA) is 55.2 Å². The molecule has 0 amide bonds. The van der Waals surface area contributed by atoms with Crippen molar-refractivity contribution in [3.63, 3.8) is 0 Å². The summed E-state index contributed by atoms with van der Waals surface area (Å²) in [7, 11) is -3.11. The van der Waals surface area contributed by atoms with Crippen LogP contribution in [0.25, 0.3) is 0 Å². The third-order valence-corrected chi connectivity index (χ3v) is 4.59. The number of aromatic nitrogens is 2. The third kappa shape index (κ3) is 3.49. The Hall–Kier alpha value is -0.590. The van der Waals surface area contributed by atoms with Crippen LogP contribution in [-0.4, -0.2) is 41.9 Å². The zero-order valence-corrected chi connectivity index (χ0v) is 13.1. The SMILES string of the molecule is CC(C)N1CCCn2nc(CS(C)(=O)=O)c(Cl)c2C1. The average molecular weight is 306 g/mol. The summed E-state index contributed by atoms with van der Waals surface area (Å²) >= 11 is 6.32. The molecule has 2 heterocycles. The molecule has 0 radical (unpaired) electrons. The van der Waals surface area contributed by atoms with Crippen molar-refractivity contribution in [2.45, 2.75) is 45.2 Å². The van der Waals surface area contributed by atoms with Crippen molar-refractivity contribution in [3.05, 3.63) is 16.4 Å². The molecule has 0 fully saturated rings. The molecular formula is C12H20ClN3O2S. The van der Waals surface area contributed by atoms with Gasteiger partial charge in [-0.3, -0.25) is 9.58 Å². The number of hydrogen-bond donors (Lipinski definition) is 0. The van der Waals surface area contributed by atoms with Gasteiger partial charge < -0.3 is 0 Å². The highest BCUT2D eigenvalue weighted by molar-refractivity contribution is 7.89. The molecule has 0 saturated carbocycles. The molecule has 0 bridgehead atoms. The van der Waals surface area contributed by atoms with Gasteiger partial charge in [0.15, 0.2) is 9.84 Å². The van der Waals surface area contributed by atoms with Gasteiger partial charge in [-0.1, -0.05) is 11.6 Å². The van der Waals surface area contributed by atoms with E-state index in [1.807, 2.05) is 4.68 Å². The van der Waals surface area contributed by atoms with Crippen LogP contribution >= 0.6 is 11.6 Å². The molecule has 1 aliphatic rings. The summed E-state index contributed by atoms with van der Waals surface area (Å²) in [5, 5.41) is 4.88. The highest BCUT2D eigenvalue weighted by Gasteiger charge is 2.24. The minimum atomic E-state index is -3.11. The minimum Gasteiger partial charge on any atom is -0.295 e. The molecule has 0 atom stereocenters. The Kier molecular flexibility index (Phi) is 4.23. The zero-order valence-electron chi connectivity index (χ0n) is 11.6. The van der Waals surface area contributed by atoms with Gasteiger partial charge in [0.2, 0.25) is 0 Å². The van der Waals surface area contributed by atoms with Gasteiger partial charge in [0.25, 0.3) is 0 Å². The lowest BCUT2D eigenvalue weighted by Gasteiger charge is -2.23. The lowest BCUT2D eigenvalue weighted by atomic mass is 10.2. The van der Waals surface area contributed by atoms with Crippen LogP contribution in [0.15, 0.2) is 0 Å². The Labute approximate surface area is 119 Å². The number of sulfone groups is 1. The fraction of sp³-hybridized carbons (Fsp3) is 0.750. The van der Waals surface area contributed by atoms with Crippen molar-refractivity contribution in [2.75, 3.05) is 12.8 Å². The highest BCUT2D eigenvalue weighted by atomic mass is 35.5. The lowest BCUT2D eigenvalue weighted by Crippen LogP contribution is -2.30. The quantitative estimate of drug-likeness (QED) is 0.853. The first kappa shape index (κ1) is 14.8. The van der Waals surface area contributed by atoms with Gasteiger partial charge in [-0.15, -0.1) is 0 Å². The Balaban J connectivity index is 2.33. The monoisotopic (exact) mass is 305 g/mol. The Morgan fingerprint density at radius 3 is 2.63 bits per heavy atom. The molecule has 0 N–H and O–H groups in total. The van der Waals surface area contributed by atoms with Crippen molar-refractivity contribution in [1.82, 2.24) is 14.7 Å². The second-order valence-electron chi connectivity index (χ2n) is 5.42. The van der Waals surface area contributed by atoms with Crippen LogP contribution in [0.2, 0.25) is 5.02 Å². The van der Waals surface area contributed by atoms with E-state index in [1.54, 1.807) is 0 Å². The molecule has 5 nitrogen and oxygen atoms in total. The van der Waals surface area contributed by atoms with Crippen molar-refractivity contribution in [1.29, 1.82) is 0 Å². The normalized spacial score (nSPS) is 17.5. The van der Waals surface area contributed by atoms with Gasteiger partial charge in [0.05, 0.1) is 22.2 Å². The molecule has 19 heavy (non-hydrogen) atoms. The maximum atomic E-state index is 11.4. The second-order valence-corrected chi connectivity index (χ2v) is 7.94. The first-order valence-corrected chi connectivity index (χ1v) is 8.87. The third-order valence-electron chi connectivity index (χ3n) is 3.36. The summed E-state index contributed by atoms with van der Waals surface area (Å²) in [5.74, 6) is -0.0898. The second kappa shape index (κ2) is 5.42. The molecule has 0 unspecified atom stereocenters. The number of hydrogen-bond acceptors (Lipinski definition) is 4. The van der Waals surface area contributed by atoms with Gasteiger partial charge >= 0.3 is 0 Å². The van der Waals surface area contributed by atoms with Gasteiger partial charge in [-0.2, -0.15) is 5.10 Å². The zero-order chi connectivity index (χ0) is 14.2. The summed E-state index contributed by atoms with van der Waals surface area (Å²) in [5.41, 5.74) is 1.41. The van der Waals surface area contributed by atoms with Crippen LogP contribution in [0.4, 0.5) is 0 Å². The number of rotatable bonds is 3. The van der Waals surface area contributed by atoms with Crippen LogP contribution in [0.1, 0.15) is 31.7 Å². The largest absolute Gasteiger partial charge is 0.295 e. The van der Waals surface area contributed by atoms with E-state index >= 15 is 0 Å². The van der Waals surface area contributed by atoms with E-state index in [9.17, 15) is 8.42 Å². The Morgan fingerprint density at radius 1 is 1.37 bits per heavy atom. The molecule has 0 spiro atoms. The lowest BCUT2D eigenvalue weighted by molar-refractivity contribution is 0.216. The molecule has 2 rings (SSSR count). The fourth-order valence-corrected chi connectivity index (χ4v) is 3.38. The van der Waals surface area contributed by atoms with E-state index in [-0.39, 0.29) is 5.75 Å². The number of fused-ring (bicyclic) bond motifs is 1. The number of halogens is 1. The first-order chi connectivity index (χ1) is 8.78. The van der Waals surface area contributed by atoms with E-state index in [1.165, 1.54) is 6.26 Å². The predicted octanol–water partition coefficient (Wildman–Crippen LogP) is 1.70. The van der Waals surface area contributed by atoms with E-state index in [0.29, 0.717) is 16.8 Å². The molecular weight excluding hydrogens is 286 g/mol. The first-order valence-electron chi connectivity index (χ1n) is 6.44. The van der Waals surface area contributed by atoms with Crippen molar-refractivity contribution in [2.24, 2.45) is 0 Å². The minimum absolute atomic E-state index is 0.0898. The average Bonchev–Trinajstić information content (AvgIpc) is 2.49. The van der Waals surface area contributed by atoms with E-state index in [4.69, 9.17) is 11.6 Å². The summed E-state index contributed by atoms with van der Waals surface area (Å²) in [6.45, 7) is 6.84. The molecule has 108 valence electrons. The van der Waals surface area contributed by atoms with Crippen LogP contribution in [0, 0.1) is 0 Å². The van der Waals surface area contributed by atoms with E-state index in [2.05, 4.69) is 23.8 Å². The Morgan fingerprint density at radius 2 is 2.05 bits per heavy atom. The van der Waals surface area contributed by atoms with Crippen molar-refractivity contribution < 1.29 is 8.42 Å². The summed E-state index contributed by atoms with van der Waals surface area (Å²) < 4.78 is 24.6. The van der Waals surface area contributed by atoms with Crippen LogP contribution in [0.3, 0.4) is 0 Å². The summed E-state index contributed by atoms with van der Waals surface area (Å²) in [6.07, 6.45) is 2.20.